The molecule has 1 aromatic rings. The van der Waals surface area contributed by atoms with E-state index >= 15 is 0 Å². The minimum Gasteiger partial charge on any atom is -0.387 e. The quantitative estimate of drug-likeness (QED) is 0.587. The number of nitrogens with zero attached hydrogens (tertiary/aromatic N) is 3. The number of aromatic nitrogens is 2. The third-order valence-corrected chi connectivity index (χ3v) is 2.36. The molecule has 1 saturated carbocycles. The summed E-state index contributed by atoms with van der Waals surface area (Å²) in [6.45, 7) is 4.18. The van der Waals surface area contributed by atoms with Crippen LogP contribution in [0.3, 0.4) is 0 Å². The number of hydrogen-bond acceptors (Lipinski definition) is 2. The molecule has 0 unspecified atom stereocenters. The van der Waals surface area contributed by atoms with Crippen LogP contribution in [0.15, 0.2) is 17.3 Å². The summed E-state index contributed by atoms with van der Waals surface area (Å²) in [6.07, 6.45) is 4.30. The predicted molar refractivity (Wildman–Crippen MR) is 56.6 cm³/mol. The van der Waals surface area contributed by atoms with Gasteiger partial charge in [0, 0.05) is 24.2 Å². The van der Waals surface area contributed by atoms with Gasteiger partial charge in [0.15, 0.2) is 5.82 Å². The Hall–Kier alpha value is -1.32. The molecule has 1 heterocycles. The van der Waals surface area contributed by atoms with E-state index in [1.807, 2.05) is 16.9 Å². The van der Waals surface area contributed by atoms with Crippen molar-refractivity contribution in [2.45, 2.75) is 32.7 Å². The molecule has 0 saturated heterocycles. The van der Waals surface area contributed by atoms with E-state index in [2.05, 4.69) is 23.9 Å². The molecule has 76 valence electrons. The van der Waals surface area contributed by atoms with Crippen molar-refractivity contribution in [3.8, 4) is 0 Å². The normalized spacial score (nSPS) is 17.8. The Bertz CT molecular complexity index is 347. The van der Waals surface area contributed by atoms with E-state index in [0.717, 1.165) is 11.7 Å². The first-order valence-electron chi connectivity index (χ1n) is 5.06. The molecule has 1 aliphatic rings. The van der Waals surface area contributed by atoms with Gasteiger partial charge in [-0.2, -0.15) is 5.10 Å². The monoisotopic (exact) mass is 192 g/mol. The summed E-state index contributed by atoms with van der Waals surface area (Å²) in [5.41, 5.74) is 5.80. The highest BCUT2D eigenvalue weighted by Gasteiger charge is 2.25. The zero-order chi connectivity index (χ0) is 10.1. The van der Waals surface area contributed by atoms with Gasteiger partial charge in [0.05, 0.1) is 0 Å². The summed E-state index contributed by atoms with van der Waals surface area (Å²) in [6, 6.07) is 2.27. The van der Waals surface area contributed by atoms with Gasteiger partial charge in [-0.3, -0.25) is 4.68 Å². The van der Waals surface area contributed by atoms with Crippen LogP contribution in [0.4, 0.5) is 5.82 Å². The van der Waals surface area contributed by atoms with Crippen molar-refractivity contribution < 1.29 is 0 Å². The third kappa shape index (κ3) is 1.95. The van der Waals surface area contributed by atoms with Gasteiger partial charge in [0.2, 0.25) is 0 Å². The minimum absolute atomic E-state index is 0.376. The fourth-order valence-corrected chi connectivity index (χ4v) is 1.28. The molecule has 0 amide bonds. The molecule has 0 bridgehead atoms. The van der Waals surface area contributed by atoms with Crippen LogP contribution < -0.4 is 5.73 Å². The van der Waals surface area contributed by atoms with Crippen molar-refractivity contribution in [1.82, 2.24) is 9.78 Å². The summed E-state index contributed by atoms with van der Waals surface area (Å²) in [4.78, 5) is 4.29. The van der Waals surface area contributed by atoms with E-state index in [9.17, 15) is 0 Å². The van der Waals surface area contributed by atoms with Crippen molar-refractivity contribution in [3.63, 3.8) is 0 Å². The standard InChI is InChI=1S/C10H16N4/c1-7(2)14-6-5-9(13-14)12-10(11)8-3-4-8/h5-8H,3-4H2,1-2H3,(H2,11,12,13). The van der Waals surface area contributed by atoms with Crippen molar-refractivity contribution in [1.29, 1.82) is 0 Å². The topological polar surface area (TPSA) is 56.2 Å². The molecule has 2 rings (SSSR count). The van der Waals surface area contributed by atoms with E-state index in [-0.39, 0.29) is 0 Å². The molecule has 4 nitrogen and oxygen atoms in total. The number of rotatable bonds is 3. The van der Waals surface area contributed by atoms with Gasteiger partial charge in [0.1, 0.15) is 5.84 Å². The van der Waals surface area contributed by atoms with Gasteiger partial charge in [-0.15, -0.1) is 0 Å². The molecular weight excluding hydrogens is 176 g/mol. The lowest BCUT2D eigenvalue weighted by Gasteiger charge is -2.02. The largest absolute Gasteiger partial charge is 0.387 e. The maximum atomic E-state index is 5.80. The summed E-state index contributed by atoms with van der Waals surface area (Å²) >= 11 is 0. The number of aliphatic imine (C=N–C) groups is 1. The lowest BCUT2D eigenvalue weighted by molar-refractivity contribution is 0.533. The van der Waals surface area contributed by atoms with Gasteiger partial charge in [-0.1, -0.05) is 0 Å². The average Bonchev–Trinajstić information content (AvgIpc) is 2.87. The Labute approximate surface area is 83.8 Å². The number of hydrogen-bond donors (Lipinski definition) is 1. The fraction of sp³-hybridized carbons (Fsp3) is 0.600. The zero-order valence-corrected chi connectivity index (χ0v) is 8.64. The van der Waals surface area contributed by atoms with Crippen molar-refractivity contribution >= 4 is 11.7 Å². The SMILES string of the molecule is CC(C)n1ccc(N=C(N)C2CC2)n1. The van der Waals surface area contributed by atoms with Gasteiger partial charge >= 0.3 is 0 Å². The summed E-state index contributed by atoms with van der Waals surface area (Å²) in [5.74, 6) is 1.97. The highest BCUT2D eigenvalue weighted by atomic mass is 15.3. The lowest BCUT2D eigenvalue weighted by Crippen LogP contribution is -2.13. The molecule has 0 atom stereocenters. The van der Waals surface area contributed by atoms with Gasteiger partial charge in [0.25, 0.3) is 0 Å². The second-order valence-corrected chi connectivity index (χ2v) is 4.06. The Morgan fingerprint density at radius 3 is 2.86 bits per heavy atom. The first kappa shape index (κ1) is 9.24. The van der Waals surface area contributed by atoms with E-state index < -0.39 is 0 Å². The average molecular weight is 192 g/mol. The van der Waals surface area contributed by atoms with Crippen LogP contribution in [-0.4, -0.2) is 15.6 Å². The zero-order valence-electron chi connectivity index (χ0n) is 8.64. The van der Waals surface area contributed by atoms with Crippen LogP contribution in [0.25, 0.3) is 0 Å². The van der Waals surface area contributed by atoms with Crippen LogP contribution in [0.1, 0.15) is 32.7 Å². The molecule has 1 aliphatic carbocycles. The van der Waals surface area contributed by atoms with Crippen LogP contribution in [0.5, 0.6) is 0 Å². The van der Waals surface area contributed by atoms with Crippen LogP contribution in [0, 0.1) is 5.92 Å². The van der Waals surface area contributed by atoms with Crippen LogP contribution >= 0.6 is 0 Å². The molecular formula is C10H16N4. The van der Waals surface area contributed by atoms with Gasteiger partial charge < -0.3 is 5.73 Å². The fourth-order valence-electron chi connectivity index (χ4n) is 1.28. The smallest absolute Gasteiger partial charge is 0.175 e. The Morgan fingerprint density at radius 1 is 1.64 bits per heavy atom. The third-order valence-electron chi connectivity index (χ3n) is 2.36. The Morgan fingerprint density at radius 2 is 2.36 bits per heavy atom. The molecule has 4 heteroatoms. The second kappa shape index (κ2) is 3.44. The molecule has 1 fully saturated rings. The molecule has 0 aliphatic heterocycles. The van der Waals surface area contributed by atoms with Crippen LogP contribution in [-0.2, 0) is 0 Å². The van der Waals surface area contributed by atoms with Gasteiger partial charge in [-0.25, -0.2) is 4.99 Å². The summed E-state index contributed by atoms with van der Waals surface area (Å²) in [5, 5.41) is 4.31. The maximum Gasteiger partial charge on any atom is 0.175 e. The van der Waals surface area contributed by atoms with E-state index in [1.54, 1.807) is 0 Å². The maximum absolute atomic E-state index is 5.80. The van der Waals surface area contributed by atoms with Crippen molar-refractivity contribution in [3.05, 3.63) is 12.3 Å². The minimum atomic E-state index is 0.376. The van der Waals surface area contributed by atoms with Gasteiger partial charge in [-0.05, 0) is 26.7 Å². The highest BCUT2D eigenvalue weighted by molar-refractivity contribution is 5.86. The molecule has 0 radical (unpaired) electrons. The Balaban J connectivity index is 2.12. The summed E-state index contributed by atoms with van der Waals surface area (Å²) < 4.78 is 1.89. The highest BCUT2D eigenvalue weighted by Crippen LogP contribution is 2.29. The number of amidine groups is 1. The molecule has 1 aromatic heterocycles. The molecule has 14 heavy (non-hydrogen) atoms. The van der Waals surface area contributed by atoms with E-state index in [1.165, 1.54) is 12.8 Å². The molecule has 2 N–H and O–H groups in total. The molecule has 0 aromatic carbocycles. The second-order valence-electron chi connectivity index (χ2n) is 4.06. The Kier molecular flexibility index (Phi) is 2.27. The lowest BCUT2D eigenvalue weighted by atomic mass is 10.4. The van der Waals surface area contributed by atoms with Crippen molar-refractivity contribution in [2.24, 2.45) is 16.6 Å². The first-order valence-corrected chi connectivity index (χ1v) is 5.06. The van der Waals surface area contributed by atoms with Crippen LogP contribution in [0.2, 0.25) is 0 Å². The number of nitrogens with two attached hydrogens (primary N) is 1. The predicted octanol–water partition coefficient (Wildman–Crippen LogP) is 1.86. The van der Waals surface area contributed by atoms with E-state index in [4.69, 9.17) is 5.73 Å². The molecule has 0 spiro atoms. The summed E-state index contributed by atoms with van der Waals surface area (Å²) in [7, 11) is 0. The van der Waals surface area contributed by atoms with Crippen molar-refractivity contribution in [2.75, 3.05) is 0 Å². The van der Waals surface area contributed by atoms with E-state index in [0.29, 0.717) is 12.0 Å². The first-order chi connectivity index (χ1) is 6.66.